The van der Waals surface area contributed by atoms with E-state index in [9.17, 15) is 13.2 Å². The maximum atomic E-state index is 11.8. The molecule has 0 fully saturated rings. The van der Waals surface area contributed by atoms with Crippen molar-refractivity contribution in [3.63, 3.8) is 0 Å². The van der Waals surface area contributed by atoms with Crippen molar-refractivity contribution in [3.8, 4) is 11.5 Å². The number of rotatable bonds is 1. The molecule has 2 aromatic carbocycles. The van der Waals surface area contributed by atoms with Gasteiger partial charge in [0.1, 0.15) is 18.1 Å². The van der Waals surface area contributed by atoms with E-state index in [1.54, 1.807) is 4.90 Å². The van der Waals surface area contributed by atoms with Gasteiger partial charge in [-0.05, 0) is 98.4 Å². The number of nitrogens with one attached hydrogen (secondary N) is 2. The van der Waals surface area contributed by atoms with E-state index in [2.05, 4.69) is 22.8 Å². The van der Waals surface area contributed by atoms with Gasteiger partial charge in [0.05, 0.1) is 24.2 Å². The lowest BCUT2D eigenvalue weighted by Gasteiger charge is -2.30. The molecule has 36 heavy (non-hydrogen) atoms. The van der Waals surface area contributed by atoms with Crippen LogP contribution in [0, 0.1) is 0 Å². The summed E-state index contributed by atoms with van der Waals surface area (Å²) < 4.78 is 36.3. The van der Waals surface area contributed by atoms with Crippen LogP contribution in [0.1, 0.15) is 22.3 Å². The first kappa shape index (κ1) is 24.9. The van der Waals surface area contributed by atoms with Crippen molar-refractivity contribution in [2.75, 3.05) is 68.4 Å². The summed E-state index contributed by atoms with van der Waals surface area (Å²) in [5, 5.41) is 6.74. The van der Waals surface area contributed by atoms with Crippen LogP contribution in [0.2, 0.25) is 0 Å². The molecule has 0 unspecified atom stereocenters. The second kappa shape index (κ2) is 10.3. The Labute approximate surface area is 212 Å². The summed E-state index contributed by atoms with van der Waals surface area (Å²) in [5.41, 5.74) is 6.76. The van der Waals surface area contributed by atoms with E-state index < -0.39 is 10.0 Å². The fraction of sp³-hybridized carbons (Fsp3) is 0.500. The van der Waals surface area contributed by atoms with Gasteiger partial charge in [-0.3, -0.25) is 9.10 Å². The van der Waals surface area contributed by atoms with Gasteiger partial charge >= 0.3 is 0 Å². The predicted octanol–water partition coefficient (Wildman–Crippen LogP) is 1.26. The Kier molecular flexibility index (Phi) is 7.09. The number of ether oxygens (including phenoxy) is 2. The number of likely N-dealkylation sites (N-methyl/N-ethyl adjacent to an activating group) is 1. The molecule has 9 nitrogen and oxygen atoms in total. The molecule has 0 atom stereocenters. The highest BCUT2D eigenvalue weighted by Gasteiger charge is 2.27. The molecule has 6 rings (SSSR count). The molecule has 0 spiro atoms. The average Bonchev–Trinajstić information content (AvgIpc) is 3.23. The van der Waals surface area contributed by atoms with Gasteiger partial charge in [-0.25, -0.2) is 8.42 Å². The second-order valence-corrected chi connectivity index (χ2v) is 11.5. The molecule has 4 aliphatic rings. The summed E-state index contributed by atoms with van der Waals surface area (Å²) in [5.74, 6) is 1.55. The zero-order valence-electron chi connectivity index (χ0n) is 20.9. The van der Waals surface area contributed by atoms with Gasteiger partial charge in [-0.1, -0.05) is 0 Å². The van der Waals surface area contributed by atoms with Crippen molar-refractivity contribution in [3.05, 3.63) is 46.5 Å². The SMILES string of the molecule is CN1C(=O)COc2cc3c(cc21)CCNCC3.CS(=O)(=O)N1CCOc2cc3c(cc21)CCNCC3. The van der Waals surface area contributed by atoms with E-state index >= 15 is 0 Å². The number of benzene rings is 2. The Morgan fingerprint density at radius 3 is 1.83 bits per heavy atom. The minimum atomic E-state index is -3.24. The van der Waals surface area contributed by atoms with Gasteiger partial charge < -0.3 is 25.0 Å². The maximum absolute atomic E-state index is 11.8. The first-order valence-electron chi connectivity index (χ1n) is 12.5. The molecule has 0 radical (unpaired) electrons. The summed E-state index contributed by atoms with van der Waals surface area (Å²) in [6, 6.07) is 8.20. The zero-order chi connectivity index (χ0) is 25.3. The first-order chi connectivity index (χ1) is 17.3. The molecule has 0 aliphatic carbocycles. The Balaban J connectivity index is 0.000000149. The summed E-state index contributed by atoms with van der Waals surface area (Å²) >= 11 is 0. The maximum Gasteiger partial charge on any atom is 0.264 e. The molecule has 2 N–H and O–H groups in total. The number of sulfonamides is 1. The van der Waals surface area contributed by atoms with Crippen molar-refractivity contribution in [2.45, 2.75) is 25.7 Å². The van der Waals surface area contributed by atoms with Crippen LogP contribution < -0.4 is 29.3 Å². The smallest absolute Gasteiger partial charge is 0.264 e. The van der Waals surface area contributed by atoms with Crippen LogP contribution in [0.15, 0.2) is 24.3 Å². The number of carbonyl (C=O) groups excluding carboxylic acids is 1. The molecular formula is C26H34N4O5S. The van der Waals surface area contributed by atoms with Crippen LogP contribution in [-0.2, 0) is 40.5 Å². The first-order valence-corrected chi connectivity index (χ1v) is 14.4. The molecule has 1 amide bonds. The Morgan fingerprint density at radius 2 is 1.28 bits per heavy atom. The van der Waals surface area contributed by atoms with E-state index in [-0.39, 0.29) is 12.5 Å². The predicted molar refractivity (Wildman–Crippen MR) is 140 cm³/mol. The molecule has 4 heterocycles. The Morgan fingerprint density at radius 1 is 0.778 bits per heavy atom. The summed E-state index contributed by atoms with van der Waals surface area (Å²) in [6.07, 6.45) is 5.19. The van der Waals surface area contributed by atoms with E-state index in [1.807, 2.05) is 19.2 Å². The molecule has 10 heteroatoms. The van der Waals surface area contributed by atoms with Crippen LogP contribution in [0.5, 0.6) is 11.5 Å². The summed E-state index contributed by atoms with van der Waals surface area (Å²) in [7, 11) is -1.43. The molecule has 0 saturated heterocycles. The van der Waals surface area contributed by atoms with Crippen LogP contribution in [0.25, 0.3) is 0 Å². The fourth-order valence-electron chi connectivity index (χ4n) is 5.14. The third kappa shape index (κ3) is 5.16. The standard InChI is InChI=1S/C13H18N2O3S.C13H16N2O2/c1-19(16,17)15-6-7-18-13-9-11-3-5-14-4-2-10(11)8-12(13)15;1-15-11-6-9-2-4-14-5-3-10(9)7-12(11)17-8-13(15)16/h8-9,14H,2-7H2,1H3;6-7,14H,2-5,8H2,1H3. The van der Waals surface area contributed by atoms with Crippen molar-refractivity contribution in [1.29, 1.82) is 0 Å². The number of hydrogen-bond acceptors (Lipinski definition) is 7. The van der Waals surface area contributed by atoms with Gasteiger partial charge in [0.25, 0.3) is 5.91 Å². The average molecular weight is 515 g/mol. The van der Waals surface area contributed by atoms with Crippen molar-refractivity contribution >= 4 is 27.3 Å². The number of fused-ring (bicyclic) bond motifs is 4. The van der Waals surface area contributed by atoms with Crippen LogP contribution in [-0.4, -0.2) is 73.6 Å². The largest absolute Gasteiger partial charge is 0.489 e. The molecular weight excluding hydrogens is 480 g/mol. The van der Waals surface area contributed by atoms with E-state index in [4.69, 9.17) is 9.47 Å². The molecule has 4 aliphatic heterocycles. The van der Waals surface area contributed by atoms with E-state index in [0.717, 1.165) is 63.3 Å². The van der Waals surface area contributed by atoms with Gasteiger partial charge in [-0.15, -0.1) is 0 Å². The minimum Gasteiger partial charge on any atom is -0.489 e. The Bertz CT molecular complexity index is 1260. The number of anilines is 2. The van der Waals surface area contributed by atoms with Crippen molar-refractivity contribution in [1.82, 2.24) is 10.6 Å². The quantitative estimate of drug-likeness (QED) is 0.591. The van der Waals surface area contributed by atoms with Gasteiger partial charge in [0.15, 0.2) is 6.61 Å². The lowest BCUT2D eigenvalue weighted by molar-refractivity contribution is -0.120. The molecule has 0 aromatic heterocycles. The monoisotopic (exact) mass is 514 g/mol. The van der Waals surface area contributed by atoms with Crippen LogP contribution in [0.4, 0.5) is 11.4 Å². The highest BCUT2D eigenvalue weighted by Crippen LogP contribution is 2.37. The Hall–Kier alpha value is -2.82. The normalized spacial score (nSPS) is 19.1. The van der Waals surface area contributed by atoms with Gasteiger partial charge in [0.2, 0.25) is 10.0 Å². The van der Waals surface area contributed by atoms with Crippen molar-refractivity contribution < 1.29 is 22.7 Å². The summed E-state index contributed by atoms with van der Waals surface area (Å²) in [4.78, 5) is 13.3. The fourth-order valence-corrected chi connectivity index (χ4v) is 6.05. The third-order valence-electron chi connectivity index (χ3n) is 7.15. The summed E-state index contributed by atoms with van der Waals surface area (Å²) in [6.45, 7) is 4.87. The molecule has 2 aromatic rings. The minimum absolute atomic E-state index is 0.0178. The topological polar surface area (TPSA) is 100 Å². The van der Waals surface area contributed by atoms with Gasteiger partial charge in [0, 0.05) is 7.05 Å². The highest BCUT2D eigenvalue weighted by atomic mass is 32.2. The lowest BCUT2D eigenvalue weighted by atomic mass is 10.0. The third-order valence-corrected chi connectivity index (χ3v) is 8.33. The number of amides is 1. The lowest BCUT2D eigenvalue weighted by Crippen LogP contribution is -2.37. The number of carbonyl (C=O) groups is 1. The zero-order valence-corrected chi connectivity index (χ0v) is 21.7. The van der Waals surface area contributed by atoms with E-state index in [0.29, 0.717) is 24.6 Å². The molecule has 194 valence electrons. The highest BCUT2D eigenvalue weighted by molar-refractivity contribution is 7.92. The van der Waals surface area contributed by atoms with Crippen molar-refractivity contribution in [2.24, 2.45) is 0 Å². The van der Waals surface area contributed by atoms with E-state index in [1.165, 1.54) is 32.8 Å². The van der Waals surface area contributed by atoms with Crippen LogP contribution >= 0.6 is 0 Å². The molecule has 0 bridgehead atoms. The second-order valence-electron chi connectivity index (χ2n) is 9.60. The van der Waals surface area contributed by atoms with Crippen LogP contribution in [0.3, 0.4) is 0 Å². The number of nitrogens with zero attached hydrogens (tertiary/aromatic N) is 2. The molecule has 0 saturated carbocycles. The van der Waals surface area contributed by atoms with Gasteiger partial charge in [-0.2, -0.15) is 0 Å². The number of hydrogen-bond donors (Lipinski definition) is 2.